The van der Waals surface area contributed by atoms with Crippen LogP contribution < -0.4 is 10.2 Å². The van der Waals surface area contributed by atoms with E-state index in [0.29, 0.717) is 51.3 Å². The van der Waals surface area contributed by atoms with Crippen molar-refractivity contribution in [2.24, 2.45) is 0 Å². The molecule has 8 nitrogen and oxygen atoms in total. The molecule has 0 radical (unpaired) electrons. The van der Waals surface area contributed by atoms with Gasteiger partial charge in [0.15, 0.2) is 0 Å². The van der Waals surface area contributed by atoms with Gasteiger partial charge in [0, 0.05) is 49.1 Å². The predicted molar refractivity (Wildman–Crippen MR) is 137 cm³/mol. The minimum atomic E-state index is -0.772. The Balaban J connectivity index is 1.49. The quantitative estimate of drug-likeness (QED) is 0.518. The smallest absolute Gasteiger partial charge is 0.253 e. The van der Waals surface area contributed by atoms with E-state index in [9.17, 15) is 14.4 Å². The van der Waals surface area contributed by atoms with Gasteiger partial charge in [-0.3, -0.25) is 14.4 Å². The Bertz CT molecular complexity index is 1060. The number of amides is 3. The van der Waals surface area contributed by atoms with E-state index < -0.39 is 5.54 Å². The summed E-state index contributed by atoms with van der Waals surface area (Å²) < 4.78 is 5.87. The fraction of sp³-hybridized carbons (Fsp3) is 0.423. The summed E-state index contributed by atoms with van der Waals surface area (Å²) in [7, 11) is 1.62. The number of nitrogens with zero attached hydrogens (tertiary/aromatic N) is 3. The van der Waals surface area contributed by atoms with Crippen LogP contribution in [0.3, 0.4) is 0 Å². The Labute approximate surface area is 214 Å². The number of para-hydroxylation sites is 1. The third-order valence-electron chi connectivity index (χ3n) is 6.71. The molecule has 35 heavy (non-hydrogen) atoms. The molecule has 186 valence electrons. The maximum atomic E-state index is 13.7. The van der Waals surface area contributed by atoms with Crippen molar-refractivity contribution in [3.8, 4) is 0 Å². The molecule has 2 heterocycles. The molecule has 0 saturated carbocycles. The Kier molecular flexibility index (Phi) is 8.07. The fourth-order valence-corrected chi connectivity index (χ4v) is 5.28. The molecule has 2 aliphatic rings. The molecule has 1 N–H and O–H groups in total. The SMILES string of the molecule is COCCCNC(=O)CN1CN(c2ccccc2)C2(CCN(C(=O)c3cccc(Br)c3)CC2)C1=O. The number of nitrogens with one attached hydrogen (secondary N) is 1. The van der Waals surface area contributed by atoms with Crippen molar-refractivity contribution in [1.82, 2.24) is 15.1 Å². The van der Waals surface area contributed by atoms with E-state index in [-0.39, 0.29) is 24.3 Å². The number of hydrogen-bond acceptors (Lipinski definition) is 5. The number of likely N-dealkylation sites (tertiary alicyclic amines) is 1. The van der Waals surface area contributed by atoms with Gasteiger partial charge in [0.1, 0.15) is 12.1 Å². The van der Waals surface area contributed by atoms with Gasteiger partial charge in [0.2, 0.25) is 5.91 Å². The highest BCUT2D eigenvalue weighted by atomic mass is 79.9. The van der Waals surface area contributed by atoms with Crippen molar-refractivity contribution in [2.45, 2.75) is 24.8 Å². The van der Waals surface area contributed by atoms with Crippen LogP contribution in [0.1, 0.15) is 29.6 Å². The van der Waals surface area contributed by atoms with Gasteiger partial charge in [-0.1, -0.05) is 40.2 Å². The minimum absolute atomic E-state index is 0.0115. The lowest BCUT2D eigenvalue weighted by Gasteiger charge is -2.43. The summed E-state index contributed by atoms with van der Waals surface area (Å²) in [5, 5.41) is 2.87. The summed E-state index contributed by atoms with van der Waals surface area (Å²) in [6.07, 6.45) is 1.73. The predicted octanol–water partition coefficient (Wildman–Crippen LogP) is 2.88. The van der Waals surface area contributed by atoms with Gasteiger partial charge >= 0.3 is 0 Å². The van der Waals surface area contributed by atoms with E-state index in [1.54, 1.807) is 18.1 Å². The summed E-state index contributed by atoms with van der Waals surface area (Å²) in [5.41, 5.74) is 0.793. The molecule has 2 aliphatic heterocycles. The first-order valence-corrected chi connectivity index (χ1v) is 12.7. The number of rotatable bonds is 8. The van der Waals surface area contributed by atoms with Crippen molar-refractivity contribution in [3.05, 3.63) is 64.6 Å². The molecule has 2 fully saturated rings. The van der Waals surface area contributed by atoms with E-state index in [2.05, 4.69) is 26.1 Å². The van der Waals surface area contributed by atoms with Crippen LogP contribution in [0.15, 0.2) is 59.1 Å². The van der Waals surface area contributed by atoms with Gasteiger partial charge in [-0.15, -0.1) is 0 Å². The van der Waals surface area contributed by atoms with Gasteiger partial charge in [-0.05, 0) is 49.6 Å². The van der Waals surface area contributed by atoms with Crippen molar-refractivity contribution < 1.29 is 19.1 Å². The molecule has 9 heteroatoms. The lowest BCUT2D eigenvalue weighted by Crippen LogP contribution is -2.57. The Morgan fingerprint density at radius 2 is 1.83 bits per heavy atom. The largest absolute Gasteiger partial charge is 0.385 e. The number of benzene rings is 2. The van der Waals surface area contributed by atoms with Crippen LogP contribution in [0.2, 0.25) is 0 Å². The first-order chi connectivity index (χ1) is 16.9. The van der Waals surface area contributed by atoms with E-state index in [0.717, 1.165) is 16.6 Å². The highest BCUT2D eigenvalue weighted by molar-refractivity contribution is 9.10. The van der Waals surface area contributed by atoms with Crippen molar-refractivity contribution in [2.75, 3.05) is 51.5 Å². The molecular formula is C26H31BrN4O4. The lowest BCUT2D eigenvalue weighted by molar-refractivity contribution is -0.137. The molecule has 2 saturated heterocycles. The Morgan fingerprint density at radius 3 is 2.51 bits per heavy atom. The van der Waals surface area contributed by atoms with Crippen molar-refractivity contribution >= 4 is 39.3 Å². The second kappa shape index (κ2) is 11.2. The summed E-state index contributed by atoms with van der Waals surface area (Å²) in [4.78, 5) is 44.9. The molecule has 0 bridgehead atoms. The second-order valence-electron chi connectivity index (χ2n) is 8.94. The zero-order chi connectivity index (χ0) is 24.8. The molecule has 0 atom stereocenters. The van der Waals surface area contributed by atoms with Crippen LogP contribution in [0.25, 0.3) is 0 Å². The van der Waals surface area contributed by atoms with Crippen molar-refractivity contribution in [3.63, 3.8) is 0 Å². The van der Waals surface area contributed by atoms with Crippen LogP contribution in [0.5, 0.6) is 0 Å². The molecule has 0 unspecified atom stereocenters. The van der Waals surface area contributed by atoms with Crippen LogP contribution >= 0.6 is 15.9 Å². The Hall–Kier alpha value is -2.91. The van der Waals surface area contributed by atoms with E-state index in [1.165, 1.54) is 0 Å². The van der Waals surface area contributed by atoms with E-state index in [4.69, 9.17) is 4.74 Å². The maximum absolute atomic E-state index is 13.7. The number of anilines is 1. The van der Waals surface area contributed by atoms with Gasteiger partial charge in [0.25, 0.3) is 11.8 Å². The molecule has 3 amide bonds. The number of ether oxygens (including phenoxy) is 1. The number of hydrogen-bond donors (Lipinski definition) is 1. The maximum Gasteiger partial charge on any atom is 0.253 e. The first kappa shape index (κ1) is 25.2. The standard InChI is InChI=1S/C26H31BrN4O4/c1-35-16-6-13-28-23(32)18-30-19-31(22-9-3-2-4-10-22)26(25(30)34)11-14-29(15-12-26)24(33)20-7-5-8-21(27)17-20/h2-5,7-10,17H,6,11-16,18-19H2,1H3,(H,28,32). The van der Waals surface area contributed by atoms with Gasteiger partial charge in [-0.2, -0.15) is 0 Å². The van der Waals surface area contributed by atoms with E-state index in [1.807, 2.05) is 53.4 Å². The van der Waals surface area contributed by atoms with Gasteiger partial charge in [0.05, 0.1) is 6.67 Å². The summed E-state index contributed by atoms with van der Waals surface area (Å²) in [5.74, 6) is -0.269. The Morgan fingerprint density at radius 1 is 1.09 bits per heavy atom. The number of carbonyl (C=O) groups is 3. The molecular weight excluding hydrogens is 512 g/mol. The van der Waals surface area contributed by atoms with E-state index >= 15 is 0 Å². The molecule has 1 spiro atoms. The average molecular weight is 543 g/mol. The van der Waals surface area contributed by atoms with Crippen LogP contribution in [-0.2, 0) is 14.3 Å². The third-order valence-corrected chi connectivity index (χ3v) is 7.21. The van der Waals surface area contributed by atoms with Gasteiger partial charge in [-0.25, -0.2) is 0 Å². The molecule has 4 rings (SSSR count). The lowest BCUT2D eigenvalue weighted by atomic mass is 9.85. The van der Waals surface area contributed by atoms with Crippen LogP contribution in [0, 0.1) is 0 Å². The summed E-state index contributed by atoms with van der Waals surface area (Å²) in [6.45, 7) is 2.37. The number of carbonyl (C=O) groups excluding carboxylic acids is 3. The second-order valence-corrected chi connectivity index (χ2v) is 9.85. The van der Waals surface area contributed by atoms with Crippen molar-refractivity contribution in [1.29, 1.82) is 0 Å². The number of piperidine rings is 1. The third kappa shape index (κ3) is 5.51. The van der Waals surface area contributed by atoms with Crippen LogP contribution in [0.4, 0.5) is 5.69 Å². The fourth-order valence-electron chi connectivity index (χ4n) is 4.88. The molecule has 2 aromatic carbocycles. The van der Waals surface area contributed by atoms with Gasteiger partial charge < -0.3 is 24.8 Å². The number of methoxy groups -OCH3 is 1. The molecule has 0 aromatic heterocycles. The molecule has 0 aliphatic carbocycles. The topological polar surface area (TPSA) is 82.2 Å². The average Bonchev–Trinajstić information content (AvgIpc) is 3.13. The zero-order valence-electron chi connectivity index (χ0n) is 19.9. The summed E-state index contributed by atoms with van der Waals surface area (Å²) >= 11 is 3.43. The number of halogens is 1. The monoisotopic (exact) mass is 542 g/mol. The molecule has 2 aromatic rings. The summed E-state index contributed by atoms with van der Waals surface area (Å²) in [6, 6.07) is 17.2. The van der Waals surface area contributed by atoms with Crippen LogP contribution in [-0.4, -0.2) is 79.6 Å². The normalized spacial score (nSPS) is 17.2. The zero-order valence-corrected chi connectivity index (χ0v) is 21.5. The first-order valence-electron chi connectivity index (χ1n) is 11.9. The minimum Gasteiger partial charge on any atom is -0.385 e. The highest BCUT2D eigenvalue weighted by Crippen LogP contribution is 2.39. The highest BCUT2D eigenvalue weighted by Gasteiger charge is 2.54.